The summed E-state index contributed by atoms with van der Waals surface area (Å²) in [4.78, 5) is 28.0. The lowest BCUT2D eigenvalue weighted by Gasteiger charge is -2.36. The lowest BCUT2D eigenvalue weighted by molar-refractivity contribution is -0.122. The first-order valence-electron chi connectivity index (χ1n) is 11.0. The molecule has 2 aromatic heterocycles. The fourth-order valence-corrected chi connectivity index (χ4v) is 4.77. The van der Waals surface area contributed by atoms with Crippen molar-refractivity contribution in [1.29, 1.82) is 0 Å². The molecule has 0 spiro atoms. The van der Waals surface area contributed by atoms with Crippen LogP contribution < -0.4 is 11.0 Å². The highest BCUT2D eigenvalue weighted by atomic mass is 16.2. The largest absolute Gasteiger partial charge is 0.349 e. The van der Waals surface area contributed by atoms with Crippen molar-refractivity contribution in [3.05, 3.63) is 82.5 Å². The molecule has 1 amide bonds. The maximum atomic E-state index is 12.9. The van der Waals surface area contributed by atoms with E-state index in [0.29, 0.717) is 6.54 Å². The van der Waals surface area contributed by atoms with E-state index in [9.17, 15) is 9.59 Å². The monoisotopic (exact) mass is 429 g/mol. The SMILES string of the molecule is CC1(C)Cc2c(cnn2-c2ccccc2)[C@H](NC(=O)CCn2c(=O)[nH]c3ccccc32)C1. The summed E-state index contributed by atoms with van der Waals surface area (Å²) in [5.74, 6) is -0.0664. The van der Waals surface area contributed by atoms with Crippen molar-refractivity contribution >= 4 is 16.9 Å². The van der Waals surface area contributed by atoms with Gasteiger partial charge in [0, 0.05) is 18.5 Å². The quantitative estimate of drug-likeness (QED) is 0.507. The Bertz CT molecular complexity index is 1330. The van der Waals surface area contributed by atoms with Gasteiger partial charge in [-0.2, -0.15) is 5.10 Å². The normalized spacial score (nSPS) is 17.2. The summed E-state index contributed by atoms with van der Waals surface area (Å²) in [5.41, 5.74) is 4.68. The maximum Gasteiger partial charge on any atom is 0.326 e. The zero-order valence-electron chi connectivity index (χ0n) is 18.3. The highest BCUT2D eigenvalue weighted by Crippen LogP contribution is 2.41. The number of fused-ring (bicyclic) bond motifs is 2. The van der Waals surface area contributed by atoms with Crippen LogP contribution in [0.15, 0.2) is 65.6 Å². The number of rotatable bonds is 5. The smallest absolute Gasteiger partial charge is 0.326 e. The second-order valence-electron chi connectivity index (χ2n) is 9.31. The zero-order valence-corrected chi connectivity index (χ0v) is 18.3. The summed E-state index contributed by atoms with van der Waals surface area (Å²) in [5, 5.41) is 7.85. The van der Waals surface area contributed by atoms with E-state index in [2.05, 4.69) is 29.2 Å². The summed E-state index contributed by atoms with van der Waals surface area (Å²) in [6, 6.07) is 17.5. The van der Waals surface area contributed by atoms with Crippen LogP contribution in [0.4, 0.5) is 0 Å². The average molecular weight is 430 g/mol. The van der Waals surface area contributed by atoms with Gasteiger partial charge in [0.25, 0.3) is 0 Å². The van der Waals surface area contributed by atoms with Crippen LogP contribution in [-0.2, 0) is 17.8 Å². The Hall–Kier alpha value is -3.61. The number of imidazole rings is 1. The van der Waals surface area contributed by atoms with E-state index in [1.807, 2.05) is 65.5 Å². The van der Waals surface area contributed by atoms with Crippen molar-refractivity contribution < 1.29 is 4.79 Å². The number of aromatic nitrogens is 4. The number of nitrogens with zero attached hydrogens (tertiary/aromatic N) is 3. The molecular weight excluding hydrogens is 402 g/mol. The highest BCUT2D eigenvalue weighted by Gasteiger charge is 2.36. The van der Waals surface area contributed by atoms with Crippen LogP contribution in [0.2, 0.25) is 0 Å². The summed E-state index contributed by atoms with van der Waals surface area (Å²) in [6.07, 6.45) is 3.86. The van der Waals surface area contributed by atoms with Gasteiger partial charge in [-0.25, -0.2) is 9.48 Å². The van der Waals surface area contributed by atoms with E-state index in [1.54, 1.807) is 4.57 Å². The third kappa shape index (κ3) is 3.75. The molecule has 1 aliphatic rings. The minimum absolute atomic E-state index is 0.0330. The maximum absolute atomic E-state index is 12.9. The number of aryl methyl sites for hydroxylation is 1. The Morgan fingerprint density at radius 1 is 1.16 bits per heavy atom. The molecule has 0 aliphatic heterocycles. The van der Waals surface area contributed by atoms with Crippen LogP contribution in [-0.4, -0.2) is 25.2 Å². The van der Waals surface area contributed by atoms with Crippen LogP contribution in [0.5, 0.6) is 0 Å². The number of amides is 1. The minimum atomic E-state index is -0.191. The van der Waals surface area contributed by atoms with Gasteiger partial charge in [-0.05, 0) is 42.5 Å². The zero-order chi connectivity index (χ0) is 22.3. The van der Waals surface area contributed by atoms with Gasteiger partial charge in [0.1, 0.15) is 0 Å². The lowest BCUT2D eigenvalue weighted by atomic mass is 9.74. The molecule has 1 atom stereocenters. The van der Waals surface area contributed by atoms with Gasteiger partial charge in [-0.3, -0.25) is 9.36 Å². The van der Waals surface area contributed by atoms with Gasteiger partial charge in [0.2, 0.25) is 5.91 Å². The van der Waals surface area contributed by atoms with Crippen molar-refractivity contribution in [3.63, 3.8) is 0 Å². The van der Waals surface area contributed by atoms with E-state index in [-0.39, 0.29) is 29.5 Å². The van der Waals surface area contributed by atoms with E-state index >= 15 is 0 Å². The third-order valence-corrected chi connectivity index (χ3v) is 6.26. The third-order valence-electron chi connectivity index (χ3n) is 6.26. The van der Waals surface area contributed by atoms with E-state index in [0.717, 1.165) is 40.8 Å². The first kappa shape index (κ1) is 20.3. The van der Waals surface area contributed by atoms with Gasteiger partial charge in [0.05, 0.1) is 34.7 Å². The van der Waals surface area contributed by atoms with Crippen LogP contribution >= 0.6 is 0 Å². The summed E-state index contributed by atoms with van der Waals surface area (Å²) in [6.45, 7) is 4.78. The van der Waals surface area contributed by atoms with Crippen molar-refractivity contribution in [2.24, 2.45) is 5.41 Å². The topological polar surface area (TPSA) is 84.7 Å². The average Bonchev–Trinajstić information content (AvgIpc) is 3.32. The number of hydrogen-bond acceptors (Lipinski definition) is 3. The Labute approximate surface area is 186 Å². The molecule has 0 saturated heterocycles. The van der Waals surface area contributed by atoms with E-state index in [4.69, 9.17) is 0 Å². The van der Waals surface area contributed by atoms with Crippen LogP contribution in [0.25, 0.3) is 16.7 Å². The van der Waals surface area contributed by atoms with Crippen LogP contribution in [0, 0.1) is 5.41 Å². The fourth-order valence-electron chi connectivity index (χ4n) is 4.77. The number of nitrogens with one attached hydrogen (secondary N) is 2. The molecule has 0 radical (unpaired) electrons. The van der Waals surface area contributed by atoms with Gasteiger partial charge in [0.15, 0.2) is 0 Å². The van der Waals surface area contributed by atoms with Gasteiger partial charge in [-0.15, -0.1) is 0 Å². The summed E-state index contributed by atoms with van der Waals surface area (Å²) in [7, 11) is 0. The Kier molecular flexibility index (Phi) is 4.96. The molecule has 32 heavy (non-hydrogen) atoms. The predicted octanol–water partition coefficient (Wildman–Crippen LogP) is 3.74. The van der Waals surface area contributed by atoms with Gasteiger partial charge in [-0.1, -0.05) is 44.2 Å². The van der Waals surface area contributed by atoms with Crippen molar-refractivity contribution in [2.75, 3.05) is 0 Å². The van der Waals surface area contributed by atoms with Crippen molar-refractivity contribution in [2.45, 2.75) is 45.7 Å². The Balaban J connectivity index is 1.35. The molecule has 2 heterocycles. The molecular formula is C25H27N5O2. The first-order chi connectivity index (χ1) is 15.4. The van der Waals surface area contributed by atoms with Crippen molar-refractivity contribution in [3.8, 4) is 5.69 Å². The molecule has 2 aromatic carbocycles. The summed E-state index contributed by atoms with van der Waals surface area (Å²) >= 11 is 0. The number of benzene rings is 2. The van der Waals surface area contributed by atoms with Crippen LogP contribution in [0.3, 0.4) is 0 Å². The number of para-hydroxylation sites is 3. The highest BCUT2D eigenvalue weighted by molar-refractivity contribution is 5.78. The standard InChI is InChI=1S/C25H27N5O2/c1-25(2)14-20(18-16-26-30(22(18)15-25)17-8-4-3-5-9-17)27-23(31)12-13-29-21-11-7-6-10-19(21)28-24(29)32/h3-11,16,20H,12-15H2,1-2H3,(H,27,31)(H,28,32)/t20-/m1/s1. The van der Waals surface area contributed by atoms with Gasteiger partial charge >= 0.3 is 5.69 Å². The lowest BCUT2D eigenvalue weighted by Crippen LogP contribution is -2.37. The molecule has 0 saturated carbocycles. The molecule has 4 aromatic rings. The Morgan fingerprint density at radius 3 is 2.72 bits per heavy atom. The number of carbonyl (C=O) groups excluding carboxylic acids is 1. The van der Waals surface area contributed by atoms with Crippen LogP contribution in [0.1, 0.15) is 44.0 Å². The molecule has 0 bridgehead atoms. The number of carbonyl (C=O) groups is 1. The Morgan fingerprint density at radius 2 is 1.91 bits per heavy atom. The minimum Gasteiger partial charge on any atom is -0.349 e. The second-order valence-corrected chi connectivity index (χ2v) is 9.31. The summed E-state index contributed by atoms with van der Waals surface area (Å²) < 4.78 is 3.61. The second kappa shape index (κ2) is 7.82. The molecule has 164 valence electrons. The van der Waals surface area contributed by atoms with E-state index in [1.165, 1.54) is 0 Å². The molecule has 7 heteroatoms. The molecule has 0 fully saturated rings. The molecule has 7 nitrogen and oxygen atoms in total. The fraction of sp³-hybridized carbons (Fsp3) is 0.320. The molecule has 2 N–H and O–H groups in total. The first-order valence-corrected chi connectivity index (χ1v) is 11.0. The molecule has 1 aliphatic carbocycles. The predicted molar refractivity (Wildman–Crippen MR) is 124 cm³/mol. The number of aromatic amines is 1. The van der Waals surface area contributed by atoms with E-state index < -0.39 is 0 Å². The number of H-pyrrole nitrogens is 1. The molecule has 0 unspecified atom stereocenters. The number of hydrogen-bond donors (Lipinski definition) is 2. The van der Waals surface area contributed by atoms with Gasteiger partial charge < -0.3 is 10.3 Å². The van der Waals surface area contributed by atoms with Crippen molar-refractivity contribution in [1.82, 2.24) is 24.6 Å². The molecule has 5 rings (SSSR count).